The molecule has 2 N–H and O–H groups in total. The van der Waals surface area contributed by atoms with E-state index in [-0.39, 0.29) is 0 Å². The molecule has 20 heavy (non-hydrogen) atoms. The van der Waals surface area contributed by atoms with E-state index in [0.29, 0.717) is 18.1 Å². The Hall–Kier alpha value is -2.14. The maximum Gasteiger partial charge on any atom is 0.268 e. The highest BCUT2D eigenvalue weighted by Crippen LogP contribution is 2.32. The van der Waals surface area contributed by atoms with Crippen LogP contribution < -0.4 is 5.73 Å². The molecule has 0 saturated carbocycles. The van der Waals surface area contributed by atoms with Crippen molar-refractivity contribution in [2.24, 2.45) is 0 Å². The standard InChI is InChI=1S/C15H15N3OS/c1-9-5-3-4-6-11(9)8-13-17-15(19-18-13)14-10(2)7-12(16)20-14/h3-7H,8,16H2,1-2H3. The summed E-state index contributed by atoms with van der Waals surface area (Å²) in [6.45, 7) is 4.08. The number of nitrogens with zero attached hydrogens (tertiary/aromatic N) is 2. The van der Waals surface area contributed by atoms with Crippen LogP contribution in [-0.2, 0) is 6.42 Å². The first-order valence-electron chi connectivity index (χ1n) is 6.37. The van der Waals surface area contributed by atoms with Crippen molar-refractivity contribution in [2.75, 3.05) is 5.73 Å². The van der Waals surface area contributed by atoms with Crippen LogP contribution >= 0.6 is 11.3 Å². The van der Waals surface area contributed by atoms with Crippen molar-refractivity contribution in [3.05, 3.63) is 52.8 Å². The minimum absolute atomic E-state index is 0.549. The van der Waals surface area contributed by atoms with Gasteiger partial charge < -0.3 is 10.3 Å². The lowest BCUT2D eigenvalue weighted by Crippen LogP contribution is -1.93. The van der Waals surface area contributed by atoms with Crippen LogP contribution in [0, 0.1) is 13.8 Å². The van der Waals surface area contributed by atoms with Crippen LogP contribution in [0.15, 0.2) is 34.9 Å². The second-order valence-electron chi connectivity index (χ2n) is 4.78. The Bertz CT molecular complexity index is 745. The lowest BCUT2D eigenvalue weighted by molar-refractivity contribution is 0.424. The number of aryl methyl sites for hydroxylation is 2. The average Bonchev–Trinajstić information content (AvgIpc) is 2.99. The molecule has 0 fully saturated rings. The number of benzene rings is 1. The number of anilines is 1. The van der Waals surface area contributed by atoms with Crippen LogP contribution in [0.25, 0.3) is 10.8 Å². The molecule has 0 saturated heterocycles. The lowest BCUT2D eigenvalue weighted by atomic mass is 10.1. The minimum Gasteiger partial charge on any atom is -0.391 e. The van der Waals surface area contributed by atoms with Gasteiger partial charge in [0.1, 0.15) is 0 Å². The van der Waals surface area contributed by atoms with E-state index >= 15 is 0 Å². The van der Waals surface area contributed by atoms with Gasteiger partial charge >= 0.3 is 0 Å². The predicted molar refractivity (Wildman–Crippen MR) is 80.7 cm³/mol. The molecule has 0 spiro atoms. The van der Waals surface area contributed by atoms with Gasteiger partial charge in [0.15, 0.2) is 5.82 Å². The van der Waals surface area contributed by atoms with Crippen LogP contribution in [-0.4, -0.2) is 10.1 Å². The van der Waals surface area contributed by atoms with Crippen LogP contribution in [0.1, 0.15) is 22.5 Å². The first-order chi connectivity index (χ1) is 9.63. The SMILES string of the molecule is Cc1ccccc1Cc1noc(-c2sc(N)cc2C)n1. The first-order valence-corrected chi connectivity index (χ1v) is 7.18. The van der Waals surface area contributed by atoms with Crippen molar-refractivity contribution in [3.63, 3.8) is 0 Å². The van der Waals surface area contributed by atoms with Crippen LogP contribution in [0.5, 0.6) is 0 Å². The monoisotopic (exact) mass is 285 g/mol. The van der Waals surface area contributed by atoms with E-state index in [1.54, 1.807) is 0 Å². The van der Waals surface area contributed by atoms with Crippen molar-refractivity contribution >= 4 is 16.3 Å². The Labute approximate surface area is 121 Å². The van der Waals surface area contributed by atoms with Gasteiger partial charge in [-0.1, -0.05) is 29.4 Å². The normalized spacial score (nSPS) is 10.9. The summed E-state index contributed by atoms with van der Waals surface area (Å²) in [5, 5.41) is 4.82. The molecular weight excluding hydrogens is 270 g/mol. The van der Waals surface area contributed by atoms with E-state index in [4.69, 9.17) is 10.3 Å². The van der Waals surface area contributed by atoms with Gasteiger partial charge in [-0.25, -0.2) is 0 Å². The molecule has 0 atom stereocenters. The predicted octanol–water partition coefficient (Wildman–Crippen LogP) is 3.59. The Morgan fingerprint density at radius 3 is 2.70 bits per heavy atom. The van der Waals surface area contributed by atoms with Crippen molar-refractivity contribution < 1.29 is 4.52 Å². The Balaban J connectivity index is 1.88. The summed E-state index contributed by atoms with van der Waals surface area (Å²) in [5.74, 6) is 1.24. The molecule has 0 aliphatic heterocycles. The van der Waals surface area contributed by atoms with E-state index in [0.717, 1.165) is 15.4 Å². The van der Waals surface area contributed by atoms with E-state index in [1.165, 1.54) is 22.5 Å². The number of nitrogens with two attached hydrogens (primary N) is 1. The summed E-state index contributed by atoms with van der Waals surface area (Å²) in [4.78, 5) is 5.42. The molecule has 0 amide bonds. The van der Waals surface area contributed by atoms with E-state index in [1.807, 2.05) is 25.1 Å². The zero-order valence-corrected chi connectivity index (χ0v) is 12.2. The Kier molecular flexibility index (Phi) is 3.28. The van der Waals surface area contributed by atoms with Gasteiger partial charge in [-0.2, -0.15) is 4.98 Å². The number of nitrogen functional groups attached to an aromatic ring is 1. The molecule has 2 heterocycles. The number of hydrogen-bond donors (Lipinski definition) is 1. The maximum absolute atomic E-state index is 5.80. The number of rotatable bonds is 3. The third-order valence-corrected chi connectivity index (χ3v) is 4.26. The highest BCUT2D eigenvalue weighted by atomic mass is 32.1. The summed E-state index contributed by atoms with van der Waals surface area (Å²) in [5.41, 5.74) is 9.31. The minimum atomic E-state index is 0.549. The first kappa shape index (κ1) is 12.9. The third-order valence-electron chi connectivity index (χ3n) is 3.21. The fourth-order valence-electron chi connectivity index (χ4n) is 2.12. The summed E-state index contributed by atoms with van der Waals surface area (Å²) in [7, 11) is 0. The molecule has 3 rings (SSSR count). The van der Waals surface area contributed by atoms with Crippen molar-refractivity contribution in [1.29, 1.82) is 0 Å². The smallest absolute Gasteiger partial charge is 0.268 e. The van der Waals surface area contributed by atoms with E-state index in [2.05, 4.69) is 29.2 Å². The fraction of sp³-hybridized carbons (Fsp3) is 0.200. The molecule has 0 aliphatic rings. The van der Waals surface area contributed by atoms with Gasteiger partial charge in [0, 0.05) is 6.42 Å². The molecule has 0 radical (unpaired) electrons. The average molecular weight is 285 g/mol. The molecule has 0 aliphatic carbocycles. The second kappa shape index (κ2) is 5.09. The van der Waals surface area contributed by atoms with Crippen molar-refractivity contribution in [2.45, 2.75) is 20.3 Å². The number of hydrogen-bond acceptors (Lipinski definition) is 5. The van der Waals surface area contributed by atoms with Gasteiger partial charge in [0.05, 0.1) is 9.88 Å². The second-order valence-corrected chi connectivity index (χ2v) is 5.86. The lowest BCUT2D eigenvalue weighted by Gasteiger charge is -2.00. The Morgan fingerprint density at radius 2 is 2.00 bits per heavy atom. The van der Waals surface area contributed by atoms with Gasteiger partial charge in [0.2, 0.25) is 0 Å². The van der Waals surface area contributed by atoms with E-state index < -0.39 is 0 Å². The third kappa shape index (κ3) is 2.44. The molecule has 3 aromatic rings. The molecule has 2 aromatic heterocycles. The fourth-order valence-corrected chi connectivity index (χ4v) is 2.98. The summed E-state index contributed by atoms with van der Waals surface area (Å²) >= 11 is 1.47. The number of thiophene rings is 1. The van der Waals surface area contributed by atoms with Crippen LogP contribution in [0.2, 0.25) is 0 Å². The molecule has 4 nitrogen and oxygen atoms in total. The molecule has 102 valence electrons. The molecular formula is C15H15N3OS. The zero-order valence-electron chi connectivity index (χ0n) is 11.4. The highest BCUT2D eigenvalue weighted by Gasteiger charge is 2.14. The number of aromatic nitrogens is 2. The van der Waals surface area contributed by atoms with Crippen LogP contribution in [0.3, 0.4) is 0 Å². The van der Waals surface area contributed by atoms with Gasteiger partial charge in [-0.3, -0.25) is 0 Å². The molecule has 0 bridgehead atoms. The quantitative estimate of drug-likeness (QED) is 0.798. The van der Waals surface area contributed by atoms with Gasteiger partial charge in [-0.05, 0) is 36.6 Å². The van der Waals surface area contributed by atoms with Crippen molar-refractivity contribution in [1.82, 2.24) is 10.1 Å². The summed E-state index contributed by atoms with van der Waals surface area (Å²) in [6.07, 6.45) is 0.677. The summed E-state index contributed by atoms with van der Waals surface area (Å²) in [6, 6.07) is 10.1. The van der Waals surface area contributed by atoms with E-state index in [9.17, 15) is 0 Å². The van der Waals surface area contributed by atoms with Crippen molar-refractivity contribution in [3.8, 4) is 10.8 Å². The highest BCUT2D eigenvalue weighted by molar-refractivity contribution is 7.19. The topological polar surface area (TPSA) is 64.9 Å². The van der Waals surface area contributed by atoms with Gasteiger partial charge in [-0.15, -0.1) is 11.3 Å². The molecule has 0 unspecified atom stereocenters. The molecule has 5 heteroatoms. The summed E-state index contributed by atoms with van der Waals surface area (Å²) < 4.78 is 5.35. The zero-order chi connectivity index (χ0) is 14.1. The Morgan fingerprint density at radius 1 is 1.20 bits per heavy atom. The van der Waals surface area contributed by atoms with Gasteiger partial charge in [0.25, 0.3) is 5.89 Å². The maximum atomic E-state index is 5.80. The molecule has 1 aromatic carbocycles. The van der Waals surface area contributed by atoms with Crippen LogP contribution in [0.4, 0.5) is 5.00 Å². The largest absolute Gasteiger partial charge is 0.391 e.